The topological polar surface area (TPSA) is 3.24 Å². The zero-order valence-corrected chi connectivity index (χ0v) is 16.1. The number of nitrogens with zero attached hydrogens (tertiary/aromatic N) is 1. The molecule has 3 rings (SSSR count). The number of rotatable bonds is 9. The van der Waals surface area contributed by atoms with Crippen LogP contribution in [-0.2, 0) is 6.42 Å². The second kappa shape index (κ2) is 10.1. The molecule has 0 aliphatic carbocycles. The van der Waals surface area contributed by atoms with Crippen molar-refractivity contribution in [2.75, 3.05) is 10.7 Å². The number of hydrogen-bond donors (Lipinski definition) is 1. The highest BCUT2D eigenvalue weighted by molar-refractivity contribution is 7.80. The summed E-state index contributed by atoms with van der Waals surface area (Å²) in [5.41, 5.74) is 5.08. The van der Waals surface area contributed by atoms with E-state index in [1.807, 2.05) is 0 Å². The van der Waals surface area contributed by atoms with E-state index in [9.17, 15) is 0 Å². The molecule has 3 aromatic carbocycles. The van der Waals surface area contributed by atoms with Gasteiger partial charge < -0.3 is 4.90 Å². The number of hydrogen-bond acceptors (Lipinski definition) is 2. The molecule has 0 aromatic heterocycles. The highest BCUT2D eigenvalue weighted by atomic mass is 32.1. The van der Waals surface area contributed by atoms with E-state index in [4.69, 9.17) is 0 Å². The molecule has 0 saturated carbocycles. The maximum Gasteiger partial charge on any atom is 0.0493 e. The molecule has 0 atom stereocenters. The van der Waals surface area contributed by atoms with Gasteiger partial charge in [0.15, 0.2) is 0 Å². The van der Waals surface area contributed by atoms with Crippen LogP contribution in [0.5, 0.6) is 0 Å². The lowest BCUT2D eigenvalue weighted by molar-refractivity contribution is 0.671. The Morgan fingerprint density at radius 1 is 0.577 bits per heavy atom. The van der Waals surface area contributed by atoms with Crippen molar-refractivity contribution in [2.45, 2.75) is 32.1 Å². The van der Waals surface area contributed by atoms with Gasteiger partial charge in [-0.1, -0.05) is 67.4 Å². The van der Waals surface area contributed by atoms with Crippen LogP contribution in [0.3, 0.4) is 0 Å². The van der Waals surface area contributed by atoms with Gasteiger partial charge >= 0.3 is 0 Å². The second-order valence-electron chi connectivity index (χ2n) is 6.52. The number of benzene rings is 3. The number of para-hydroxylation sites is 3. The molecule has 134 valence electrons. The Morgan fingerprint density at radius 2 is 1.12 bits per heavy atom. The van der Waals surface area contributed by atoms with Crippen LogP contribution in [0.1, 0.15) is 31.2 Å². The van der Waals surface area contributed by atoms with Gasteiger partial charge in [0, 0.05) is 17.1 Å². The molecule has 0 amide bonds. The van der Waals surface area contributed by atoms with Gasteiger partial charge in [-0.15, -0.1) is 0 Å². The zero-order valence-electron chi connectivity index (χ0n) is 15.2. The highest BCUT2D eigenvalue weighted by Crippen LogP contribution is 2.36. The quantitative estimate of drug-likeness (QED) is 0.312. The summed E-state index contributed by atoms with van der Waals surface area (Å²) >= 11 is 4.31. The van der Waals surface area contributed by atoms with Gasteiger partial charge in [0.1, 0.15) is 0 Å². The number of aryl methyl sites for hydroxylation is 1. The SMILES string of the molecule is SCCCCCCc1ccccc1N(c1ccccc1)c1ccccc1. The summed E-state index contributed by atoms with van der Waals surface area (Å²) in [4.78, 5) is 2.36. The van der Waals surface area contributed by atoms with Crippen molar-refractivity contribution in [3.05, 3.63) is 90.5 Å². The fraction of sp³-hybridized carbons (Fsp3) is 0.250. The normalized spacial score (nSPS) is 10.7. The van der Waals surface area contributed by atoms with E-state index in [0.29, 0.717) is 0 Å². The van der Waals surface area contributed by atoms with Crippen LogP contribution in [0.25, 0.3) is 0 Å². The molecular formula is C24H27NS. The van der Waals surface area contributed by atoms with Crippen LogP contribution >= 0.6 is 12.6 Å². The Labute approximate surface area is 163 Å². The van der Waals surface area contributed by atoms with Gasteiger partial charge in [0.2, 0.25) is 0 Å². The molecule has 0 fully saturated rings. The van der Waals surface area contributed by atoms with Crippen molar-refractivity contribution in [3.63, 3.8) is 0 Å². The lowest BCUT2D eigenvalue weighted by Gasteiger charge is -2.27. The molecule has 0 radical (unpaired) electrons. The van der Waals surface area contributed by atoms with Crippen molar-refractivity contribution in [1.82, 2.24) is 0 Å². The molecule has 3 aromatic rings. The predicted octanol–water partition coefficient (Wildman–Crippen LogP) is 7.19. The Bertz CT molecular complexity index is 731. The minimum atomic E-state index is 0.992. The summed E-state index contributed by atoms with van der Waals surface area (Å²) in [6.45, 7) is 0. The minimum absolute atomic E-state index is 0.992. The fourth-order valence-electron chi connectivity index (χ4n) is 3.30. The van der Waals surface area contributed by atoms with Crippen molar-refractivity contribution >= 4 is 29.7 Å². The lowest BCUT2D eigenvalue weighted by atomic mass is 10.0. The van der Waals surface area contributed by atoms with Crippen LogP contribution in [0.2, 0.25) is 0 Å². The largest absolute Gasteiger partial charge is 0.310 e. The van der Waals surface area contributed by atoms with Gasteiger partial charge in [-0.05, 0) is 60.9 Å². The number of unbranched alkanes of at least 4 members (excludes halogenated alkanes) is 3. The number of anilines is 3. The van der Waals surface area contributed by atoms with Crippen LogP contribution in [0, 0.1) is 0 Å². The third-order valence-electron chi connectivity index (χ3n) is 4.62. The minimum Gasteiger partial charge on any atom is -0.310 e. The molecule has 0 N–H and O–H groups in total. The van der Waals surface area contributed by atoms with Gasteiger partial charge in [-0.2, -0.15) is 12.6 Å². The van der Waals surface area contributed by atoms with E-state index < -0.39 is 0 Å². The Balaban J connectivity index is 1.90. The van der Waals surface area contributed by atoms with E-state index in [2.05, 4.69) is 102 Å². The van der Waals surface area contributed by atoms with Crippen LogP contribution < -0.4 is 4.90 Å². The first-order valence-corrected chi connectivity index (χ1v) is 10.1. The van der Waals surface area contributed by atoms with Crippen LogP contribution in [0.4, 0.5) is 17.1 Å². The van der Waals surface area contributed by atoms with Crippen LogP contribution in [0.15, 0.2) is 84.9 Å². The summed E-state index contributed by atoms with van der Waals surface area (Å²) in [5, 5.41) is 0. The monoisotopic (exact) mass is 361 g/mol. The van der Waals surface area contributed by atoms with Crippen molar-refractivity contribution in [3.8, 4) is 0 Å². The lowest BCUT2D eigenvalue weighted by Crippen LogP contribution is -2.12. The van der Waals surface area contributed by atoms with E-state index in [1.165, 1.54) is 48.3 Å². The summed E-state index contributed by atoms with van der Waals surface area (Å²) in [6, 6.07) is 30.1. The van der Waals surface area contributed by atoms with E-state index in [0.717, 1.165) is 12.2 Å². The first-order chi connectivity index (χ1) is 12.9. The maximum atomic E-state index is 4.31. The molecule has 0 bridgehead atoms. The third kappa shape index (κ3) is 4.92. The third-order valence-corrected chi connectivity index (χ3v) is 4.93. The van der Waals surface area contributed by atoms with Gasteiger partial charge in [-0.3, -0.25) is 0 Å². The molecule has 0 aliphatic rings. The average Bonchev–Trinajstić information content (AvgIpc) is 2.71. The summed E-state index contributed by atoms with van der Waals surface area (Å²) in [7, 11) is 0. The highest BCUT2D eigenvalue weighted by Gasteiger charge is 2.14. The maximum absolute atomic E-state index is 4.31. The predicted molar refractivity (Wildman–Crippen MR) is 117 cm³/mol. The molecule has 26 heavy (non-hydrogen) atoms. The first kappa shape index (κ1) is 18.6. The standard InChI is InChI=1S/C24H27NS/c26-20-12-2-1-5-13-21-14-10-11-19-24(21)25(22-15-6-3-7-16-22)23-17-8-4-9-18-23/h3-4,6-11,14-19,26H,1-2,5,12-13,20H2. The molecular weight excluding hydrogens is 334 g/mol. The first-order valence-electron chi connectivity index (χ1n) is 9.49. The Kier molecular flexibility index (Phi) is 7.21. The van der Waals surface area contributed by atoms with Crippen LogP contribution in [-0.4, -0.2) is 5.75 Å². The molecule has 0 spiro atoms. The van der Waals surface area contributed by atoms with Crippen molar-refractivity contribution in [1.29, 1.82) is 0 Å². The fourth-order valence-corrected chi connectivity index (χ4v) is 3.53. The Morgan fingerprint density at radius 3 is 1.73 bits per heavy atom. The molecule has 2 heteroatoms. The second-order valence-corrected chi connectivity index (χ2v) is 6.97. The van der Waals surface area contributed by atoms with E-state index in [1.54, 1.807) is 0 Å². The van der Waals surface area contributed by atoms with Crippen molar-refractivity contribution < 1.29 is 0 Å². The Hall–Kier alpha value is -2.19. The average molecular weight is 362 g/mol. The molecule has 0 unspecified atom stereocenters. The van der Waals surface area contributed by atoms with E-state index >= 15 is 0 Å². The molecule has 0 saturated heterocycles. The van der Waals surface area contributed by atoms with Gasteiger partial charge in [-0.25, -0.2) is 0 Å². The molecule has 1 nitrogen and oxygen atoms in total. The smallest absolute Gasteiger partial charge is 0.0493 e. The van der Waals surface area contributed by atoms with E-state index in [-0.39, 0.29) is 0 Å². The van der Waals surface area contributed by atoms with Crippen molar-refractivity contribution in [2.24, 2.45) is 0 Å². The van der Waals surface area contributed by atoms with Gasteiger partial charge in [0.25, 0.3) is 0 Å². The number of thiol groups is 1. The van der Waals surface area contributed by atoms with Gasteiger partial charge in [0.05, 0.1) is 0 Å². The zero-order chi connectivity index (χ0) is 18.0. The molecule has 0 heterocycles. The summed E-state index contributed by atoms with van der Waals surface area (Å²) in [6.07, 6.45) is 6.09. The summed E-state index contributed by atoms with van der Waals surface area (Å²) in [5.74, 6) is 0.992. The summed E-state index contributed by atoms with van der Waals surface area (Å²) < 4.78 is 0. The molecule has 0 aliphatic heterocycles.